The number of carbonyl (C=O) groups excluding carboxylic acids is 1. The minimum absolute atomic E-state index is 0.0284. The standard InChI is InChI=1S/C14H16ClN3O3S/c1-9-4-6-18(7-5-9)14(19)13-17-16-11-8-10(15)2-3-12(11)22(13,20)21/h2-3,8-9,16H,4-7H2,1H3. The van der Waals surface area contributed by atoms with E-state index >= 15 is 0 Å². The van der Waals surface area contributed by atoms with Crippen LogP contribution in [0, 0.1) is 5.92 Å². The number of hydrazone groups is 1. The van der Waals surface area contributed by atoms with Gasteiger partial charge in [0.25, 0.3) is 5.91 Å². The van der Waals surface area contributed by atoms with E-state index < -0.39 is 20.8 Å². The second kappa shape index (κ2) is 5.55. The van der Waals surface area contributed by atoms with Gasteiger partial charge in [0.1, 0.15) is 0 Å². The van der Waals surface area contributed by atoms with E-state index in [1.54, 1.807) is 4.90 Å². The molecule has 1 N–H and O–H groups in total. The number of nitrogens with zero attached hydrogens (tertiary/aromatic N) is 2. The summed E-state index contributed by atoms with van der Waals surface area (Å²) in [6.45, 7) is 3.24. The number of fused-ring (bicyclic) bond motifs is 1. The summed E-state index contributed by atoms with van der Waals surface area (Å²) in [5.41, 5.74) is 2.90. The van der Waals surface area contributed by atoms with Crippen molar-refractivity contribution in [1.82, 2.24) is 4.90 Å². The number of nitrogens with one attached hydrogen (secondary N) is 1. The molecule has 1 aromatic carbocycles. The number of anilines is 1. The largest absolute Gasteiger partial charge is 0.337 e. The van der Waals surface area contributed by atoms with Gasteiger partial charge < -0.3 is 4.90 Å². The number of piperidine rings is 1. The summed E-state index contributed by atoms with van der Waals surface area (Å²) in [6.07, 6.45) is 1.75. The zero-order chi connectivity index (χ0) is 15.9. The molecule has 0 saturated carbocycles. The van der Waals surface area contributed by atoms with Gasteiger partial charge in [0.05, 0.1) is 10.6 Å². The number of hydrogen-bond acceptors (Lipinski definition) is 5. The number of likely N-dealkylation sites (tertiary alicyclic amines) is 1. The smallest absolute Gasteiger partial charge is 0.286 e. The van der Waals surface area contributed by atoms with Crippen molar-refractivity contribution in [3.05, 3.63) is 23.2 Å². The molecule has 0 bridgehead atoms. The van der Waals surface area contributed by atoms with Gasteiger partial charge in [-0.1, -0.05) is 18.5 Å². The number of sulfone groups is 1. The molecule has 1 saturated heterocycles. The number of benzene rings is 1. The minimum Gasteiger partial charge on any atom is -0.337 e. The van der Waals surface area contributed by atoms with Gasteiger partial charge in [-0.05, 0) is 37.0 Å². The molecule has 1 amide bonds. The Kier molecular flexibility index (Phi) is 3.86. The summed E-state index contributed by atoms with van der Waals surface area (Å²) in [6, 6.07) is 4.34. The lowest BCUT2D eigenvalue weighted by atomic mass is 9.99. The summed E-state index contributed by atoms with van der Waals surface area (Å²) in [5.74, 6) is 0.00921. The maximum atomic E-state index is 12.6. The molecule has 8 heteroatoms. The molecule has 0 aliphatic carbocycles. The summed E-state index contributed by atoms with van der Waals surface area (Å²) >= 11 is 5.85. The van der Waals surface area contributed by atoms with E-state index in [4.69, 9.17) is 11.6 Å². The predicted octanol–water partition coefficient (Wildman–Crippen LogP) is 2.11. The van der Waals surface area contributed by atoms with Crippen LogP contribution in [-0.4, -0.2) is 37.4 Å². The maximum absolute atomic E-state index is 12.6. The first-order chi connectivity index (χ1) is 10.4. The summed E-state index contributed by atoms with van der Waals surface area (Å²) in [4.78, 5) is 14.1. The van der Waals surface area contributed by atoms with Gasteiger partial charge in [-0.2, -0.15) is 5.10 Å². The van der Waals surface area contributed by atoms with Gasteiger partial charge in [-0.25, -0.2) is 8.42 Å². The van der Waals surface area contributed by atoms with Crippen molar-refractivity contribution in [2.24, 2.45) is 11.0 Å². The van der Waals surface area contributed by atoms with Gasteiger partial charge in [-0.3, -0.25) is 10.2 Å². The quantitative estimate of drug-likeness (QED) is 0.848. The molecule has 2 aliphatic rings. The average Bonchev–Trinajstić information content (AvgIpc) is 2.47. The van der Waals surface area contributed by atoms with Gasteiger partial charge in [0.2, 0.25) is 14.9 Å². The maximum Gasteiger partial charge on any atom is 0.286 e. The van der Waals surface area contributed by atoms with Crippen molar-refractivity contribution in [2.75, 3.05) is 18.5 Å². The molecule has 2 heterocycles. The van der Waals surface area contributed by atoms with Gasteiger partial charge in [0, 0.05) is 18.1 Å². The Morgan fingerprint density at radius 1 is 1.36 bits per heavy atom. The molecule has 1 aromatic rings. The van der Waals surface area contributed by atoms with Crippen molar-refractivity contribution >= 4 is 38.1 Å². The number of hydrogen-bond donors (Lipinski definition) is 1. The van der Waals surface area contributed by atoms with E-state index in [1.807, 2.05) is 0 Å². The van der Waals surface area contributed by atoms with Crippen LogP contribution < -0.4 is 5.43 Å². The van der Waals surface area contributed by atoms with Crippen LogP contribution in [-0.2, 0) is 14.6 Å². The van der Waals surface area contributed by atoms with Crippen molar-refractivity contribution in [3.8, 4) is 0 Å². The fourth-order valence-corrected chi connectivity index (χ4v) is 4.16. The number of amides is 1. The SMILES string of the molecule is CC1CCN(C(=O)C2=NNc3cc(Cl)ccc3S2(=O)=O)CC1. The van der Waals surface area contributed by atoms with Crippen LogP contribution in [0.1, 0.15) is 19.8 Å². The fourth-order valence-electron chi connectivity index (χ4n) is 2.61. The van der Waals surface area contributed by atoms with E-state index in [-0.39, 0.29) is 10.6 Å². The third-order valence-electron chi connectivity index (χ3n) is 4.02. The Morgan fingerprint density at radius 2 is 2.05 bits per heavy atom. The summed E-state index contributed by atoms with van der Waals surface area (Å²) in [7, 11) is -3.92. The molecule has 0 spiro atoms. The topological polar surface area (TPSA) is 78.8 Å². The van der Waals surface area contributed by atoms with E-state index in [2.05, 4.69) is 17.5 Å². The highest BCUT2D eigenvalue weighted by molar-refractivity contribution is 8.08. The molecule has 0 radical (unpaired) electrons. The van der Waals surface area contributed by atoms with Crippen LogP contribution in [0.15, 0.2) is 28.2 Å². The average molecular weight is 342 g/mol. The molecule has 118 valence electrons. The number of carbonyl (C=O) groups is 1. The van der Waals surface area contributed by atoms with Crippen molar-refractivity contribution in [1.29, 1.82) is 0 Å². The lowest BCUT2D eigenvalue weighted by Gasteiger charge is -2.31. The first-order valence-corrected chi connectivity index (χ1v) is 8.93. The third-order valence-corrected chi connectivity index (χ3v) is 5.96. The first-order valence-electron chi connectivity index (χ1n) is 7.07. The first kappa shape index (κ1) is 15.3. The Morgan fingerprint density at radius 3 is 2.73 bits per heavy atom. The molecule has 3 rings (SSSR count). The molecule has 6 nitrogen and oxygen atoms in total. The van der Waals surface area contributed by atoms with Crippen LogP contribution in [0.5, 0.6) is 0 Å². The van der Waals surface area contributed by atoms with Crippen LogP contribution >= 0.6 is 11.6 Å². The molecule has 0 aromatic heterocycles. The van der Waals surface area contributed by atoms with Crippen molar-refractivity contribution in [3.63, 3.8) is 0 Å². The zero-order valence-corrected chi connectivity index (χ0v) is 13.6. The van der Waals surface area contributed by atoms with Gasteiger partial charge in [0.15, 0.2) is 0 Å². The lowest BCUT2D eigenvalue weighted by Crippen LogP contribution is -2.45. The highest BCUT2D eigenvalue weighted by Gasteiger charge is 2.37. The molecule has 0 unspecified atom stereocenters. The Balaban J connectivity index is 1.91. The fraction of sp³-hybridized carbons (Fsp3) is 0.429. The van der Waals surface area contributed by atoms with E-state index in [9.17, 15) is 13.2 Å². The second-order valence-corrected chi connectivity index (χ2v) is 7.92. The summed E-state index contributed by atoms with van der Waals surface area (Å²) in [5, 5.41) is 3.74. The predicted molar refractivity (Wildman–Crippen MR) is 84.7 cm³/mol. The van der Waals surface area contributed by atoms with Crippen LogP contribution in [0.25, 0.3) is 0 Å². The van der Waals surface area contributed by atoms with E-state index in [0.29, 0.717) is 24.0 Å². The van der Waals surface area contributed by atoms with Crippen LogP contribution in [0.3, 0.4) is 0 Å². The molecule has 0 atom stereocenters. The highest BCUT2D eigenvalue weighted by atomic mass is 35.5. The van der Waals surface area contributed by atoms with Crippen LogP contribution in [0.2, 0.25) is 5.02 Å². The molecule has 1 fully saturated rings. The monoisotopic (exact) mass is 341 g/mol. The zero-order valence-electron chi connectivity index (χ0n) is 12.0. The lowest BCUT2D eigenvalue weighted by molar-refractivity contribution is -0.125. The van der Waals surface area contributed by atoms with E-state index in [1.165, 1.54) is 18.2 Å². The van der Waals surface area contributed by atoms with Gasteiger partial charge >= 0.3 is 0 Å². The normalized spacial score (nSPS) is 20.8. The molecule has 2 aliphatic heterocycles. The Bertz CT molecular complexity index is 753. The van der Waals surface area contributed by atoms with E-state index in [0.717, 1.165) is 12.8 Å². The highest BCUT2D eigenvalue weighted by Crippen LogP contribution is 2.30. The molecular formula is C14H16ClN3O3S. The Hall–Kier alpha value is -1.60. The minimum atomic E-state index is -3.92. The van der Waals surface area contributed by atoms with Crippen molar-refractivity contribution in [2.45, 2.75) is 24.7 Å². The summed E-state index contributed by atoms with van der Waals surface area (Å²) < 4.78 is 25.2. The number of halogens is 1. The molecule has 22 heavy (non-hydrogen) atoms. The van der Waals surface area contributed by atoms with Crippen molar-refractivity contribution < 1.29 is 13.2 Å². The van der Waals surface area contributed by atoms with Gasteiger partial charge in [-0.15, -0.1) is 0 Å². The van der Waals surface area contributed by atoms with Crippen LogP contribution in [0.4, 0.5) is 5.69 Å². The Labute approximate surface area is 134 Å². The molecular weight excluding hydrogens is 326 g/mol. The second-order valence-electron chi connectivity index (χ2n) is 5.65. The number of rotatable bonds is 1. The third kappa shape index (κ3) is 2.59.